The topological polar surface area (TPSA) is 67.8 Å². The fraction of sp³-hybridized carbons (Fsp3) is 0.400. The highest BCUT2D eigenvalue weighted by Gasteiger charge is 2.23. The van der Waals surface area contributed by atoms with E-state index in [1.165, 1.54) is 0 Å². The van der Waals surface area contributed by atoms with Gasteiger partial charge in [0, 0.05) is 24.3 Å². The Bertz CT molecular complexity index is 621. The highest BCUT2D eigenvalue weighted by molar-refractivity contribution is 6.37. The number of carbonyl (C=O) groups is 2. The maximum atomic E-state index is 11.3. The summed E-state index contributed by atoms with van der Waals surface area (Å²) in [4.78, 5) is 22.6. The molecule has 118 valence electrons. The Hall–Kier alpha value is -1.59. The van der Waals surface area contributed by atoms with E-state index in [0.717, 1.165) is 5.56 Å². The molecule has 0 fully saturated rings. The highest BCUT2D eigenvalue weighted by atomic mass is 35.5. The first-order valence-corrected chi connectivity index (χ1v) is 7.68. The van der Waals surface area contributed by atoms with Gasteiger partial charge in [-0.1, -0.05) is 37.0 Å². The predicted molar refractivity (Wildman–Crippen MR) is 85.7 cm³/mol. The van der Waals surface area contributed by atoms with Gasteiger partial charge in [-0.05, 0) is 12.1 Å². The van der Waals surface area contributed by atoms with Gasteiger partial charge in [0.2, 0.25) is 5.91 Å². The molecule has 0 aromatic heterocycles. The number of hydrazone groups is 1. The lowest BCUT2D eigenvalue weighted by molar-refractivity contribution is -0.122. The Morgan fingerprint density at radius 1 is 1.41 bits per heavy atom. The van der Waals surface area contributed by atoms with E-state index in [-0.39, 0.29) is 30.0 Å². The molecule has 0 aliphatic carbocycles. The van der Waals surface area contributed by atoms with Crippen LogP contribution in [-0.2, 0) is 9.59 Å². The Balaban J connectivity index is 2.26. The van der Waals surface area contributed by atoms with E-state index in [9.17, 15) is 9.59 Å². The minimum Gasteiger partial charge on any atom is -0.483 e. The minimum absolute atomic E-state index is 0.0330. The molecule has 1 unspecified atom stereocenters. The van der Waals surface area contributed by atoms with Gasteiger partial charge >= 0.3 is 0 Å². The van der Waals surface area contributed by atoms with E-state index in [1.54, 1.807) is 19.1 Å². The summed E-state index contributed by atoms with van der Waals surface area (Å²) in [5.74, 6) is 0.0898. The van der Waals surface area contributed by atoms with Crippen molar-refractivity contribution in [1.29, 1.82) is 0 Å². The standard InChI is InChI=1S/C15H16Cl2N2O3/c1-3-10(20)7-22-15-11(16)5-9(6-12(15)17)14-8(2)4-13(21)18-19-14/h5-6,8H,3-4,7H2,1-2H3,(H,18,21). The van der Waals surface area contributed by atoms with Crippen LogP contribution in [0, 0.1) is 5.92 Å². The average Bonchev–Trinajstić information content (AvgIpc) is 2.45. The van der Waals surface area contributed by atoms with Crippen LogP contribution in [0.1, 0.15) is 32.3 Å². The lowest BCUT2D eigenvalue weighted by Crippen LogP contribution is -2.32. The summed E-state index contributed by atoms with van der Waals surface area (Å²) in [6, 6.07) is 3.35. The van der Waals surface area contributed by atoms with Crippen LogP contribution in [0.4, 0.5) is 0 Å². The summed E-state index contributed by atoms with van der Waals surface area (Å²) in [6.07, 6.45) is 0.749. The maximum Gasteiger partial charge on any atom is 0.240 e. The molecule has 5 nitrogen and oxygen atoms in total. The van der Waals surface area contributed by atoms with E-state index >= 15 is 0 Å². The maximum absolute atomic E-state index is 11.3. The van der Waals surface area contributed by atoms with Gasteiger partial charge in [0.15, 0.2) is 11.5 Å². The molecule has 1 aliphatic heterocycles. The quantitative estimate of drug-likeness (QED) is 0.893. The Morgan fingerprint density at radius 2 is 2.05 bits per heavy atom. The second kappa shape index (κ2) is 7.11. The zero-order valence-electron chi connectivity index (χ0n) is 12.3. The summed E-state index contributed by atoms with van der Waals surface area (Å²) in [5, 5.41) is 4.67. The van der Waals surface area contributed by atoms with E-state index in [4.69, 9.17) is 27.9 Å². The normalized spacial score (nSPS) is 17.7. The molecule has 0 spiro atoms. The van der Waals surface area contributed by atoms with Crippen molar-refractivity contribution >= 4 is 40.6 Å². The van der Waals surface area contributed by atoms with Gasteiger partial charge in [0.25, 0.3) is 0 Å². The zero-order valence-corrected chi connectivity index (χ0v) is 13.8. The predicted octanol–water partition coefficient (Wildman–Crippen LogP) is 3.21. The van der Waals surface area contributed by atoms with Crippen molar-refractivity contribution in [1.82, 2.24) is 5.43 Å². The molecule has 2 rings (SSSR count). The van der Waals surface area contributed by atoms with E-state index in [2.05, 4.69) is 10.5 Å². The summed E-state index contributed by atoms with van der Waals surface area (Å²) in [6.45, 7) is 3.60. The largest absolute Gasteiger partial charge is 0.483 e. The van der Waals surface area contributed by atoms with Crippen molar-refractivity contribution in [3.8, 4) is 5.75 Å². The van der Waals surface area contributed by atoms with Crippen LogP contribution in [0.2, 0.25) is 10.0 Å². The molecule has 0 saturated heterocycles. The van der Waals surface area contributed by atoms with Gasteiger partial charge < -0.3 is 4.74 Å². The van der Waals surface area contributed by atoms with Gasteiger partial charge in [0.05, 0.1) is 15.8 Å². The van der Waals surface area contributed by atoms with Crippen molar-refractivity contribution in [3.05, 3.63) is 27.7 Å². The van der Waals surface area contributed by atoms with Crippen LogP contribution in [-0.4, -0.2) is 24.0 Å². The first-order valence-electron chi connectivity index (χ1n) is 6.92. The number of amides is 1. The van der Waals surface area contributed by atoms with Crippen molar-refractivity contribution in [2.24, 2.45) is 11.0 Å². The van der Waals surface area contributed by atoms with Crippen molar-refractivity contribution < 1.29 is 14.3 Å². The number of ether oxygens (including phenoxy) is 1. The number of halogens is 2. The fourth-order valence-electron chi connectivity index (χ4n) is 2.10. The number of nitrogens with zero attached hydrogens (tertiary/aromatic N) is 1. The molecule has 1 heterocycles. The molecule has 0 bridgehead atoms. The third-order valence-electron chi connectivity index (χ3n) is 3.33. The molecular weight excluding hydrogens is 327 g/mol. The number of hydrogen-bond acceptors (Lipinski definition) is 4. The highest BCUT2D eigenvalue weighted by Crippen LogP contribution is 2.35. The molecule has 1 aromatic rings. The number of rotatable bonds is 5. The van der Waals surface area contributed by atoms with Crippen molar-refractivity contribution in [2.75, 3.05) is 6.61 Å². The third-order valence-corrected chi connectivity index (χ3v) is 3.89. The number of carbonyl (C=O) groups excluding carboxylic acids is 2. The number of benzene rings is 1. The summed E-state index contributed by atoms with van der Waals surface area (Å²) in [7, 11) is 0. The summed E-state index contributed by atoms with van der Waals surface area (Å²) >= 11 is 12.4. The smallest absolute Gasteiger partial charge is 0.240 e. The van der Waals surface area contributed by atoms with Crippen LogP contribution in [0.5, 0.6) is 5.75 Å². The number of hydrogen-bond donors (Lipinski definition) is 1. The molecule has 1 atom stereocenters. The Morgan fingerprint density at radius 3 is 2.59 bits per heavy atom. The monoisotopic (exact) mass is 342 g/mol. The second-order valence-corrected chi connectivity index (χ2v) is 5.90. The summed E-state index contributed by atoms with van der Waals surface area (Å²) in [5.41, 5.74) is 3.88. The lowest BCUT2D eigenvalue weighted by atomic mass is 9.94. The Labute approximate surface area is 138 Å². The molecule has 0 radical (unpaired) electrons. The van der Waals surface area contributed by atoms with E-state index < -0.39 is 0 Å². The first-order chi connectivity index (χ1) is 10.4. The van der Waals surface area contributed by atoms with Crippen LogP contribution >= 0.6 is 23.2 Å². The first kappa shape index (κ1) is 16.8. The van der Waals surface area contributed by atoms with Crippen LogP contribution < -0.4 is 10.2 Å². The SMILES string of the molecule is CCC(=O)COc1c(Cl)cc(C2=NNC(=O)CC2C)cc1Cl. The zero-order chi connectivity index (χ0) is 16.3. The number of nitrogens with one attached hydrogen (secondary N) is 1. The number of Topliss-reactive ketones (excluding diaryl/α,β-unsaturated/α-hetero) is 1. The molecule has 1 aromatic carbocycles. The molecule has 1 aliphatic rings. The van der Waals surface area contributed by atoms with Gasteiger partial charge in [-0.15, -0.1) is 0 Å². The molecule has 1 N–H and O–H groups in total. The molecular formula is C15H16Cl2N2O3. The molecule has 1 amide bonds. The average molecular weight is 343 g/mol. The van der Waals surface area contributed by atoms with Crippen molar-refractivity contribution in [2.45, 2.75) is 26.7 Å². The third kappa shape index (κ3) is 3.78. The van der Waals surface area contributed by atoms with Crippen LogP contribution in [0.25, 0.3) is 0 Å². The fourth-order valence-corrected chi connectivity index (χ4v) is 2.70. The number of ketones is 1. The van der Waals surface area contributed by atoms with Gasteiger partial charge in [-0.3, -0.25) is 9.59 Å². The minimum atomic E-state index is -0.119. The molecule has 22 heavy (non-hydrogen) atoms. The second-order valence-electron chi connectivity index (χ2n) is 5.09. The van der Waals surface area contributed by atoms with Gasteiger partial charge in [0.1, 0.15) is 6.61 Å². The van der Waals surface area contributed by atoms with E-state index in [0.29, 0.717) is 28.6 Å². The molecule has 0 saturated carbocycles. The van der Waals surface area contributed by atoms with Gasteiger partial charge in [-0.2, -0.15) is 5.10 Å². The Kier molecular flexibility index (Phi) is 5.42. The summed E-state index contributed by atoms with van der Waals surface area (Å²) < 4.78 is 5.38. The lowest BCUT2D eigenvalue weighted by Gasteiger charge is -2.20. The van der Waals surface area contributed by atoms with Crippen LogP contribution in [0.15, 0.2) is 17.2 Å². The van der Waals surface area contributed by atoms with Gasteiger partial charge in [-0.25, -0.2) is 5.43 Å². The van der Waals surface area contributed by atoms with E-state index in [1.807, 2.05) is 6.92 Å². The molecule has 7 heteroatoms. The van der Waals surface area contributed by atoms with Crippen molar-refractivity contribution in [3.63, 3.8) is 0 Å². The van der Waals surface area contributed by atoms with Crippen LogP contribution in [0.3, 0.4) is 0 Å².